The van der Waals surface area contributed by atoms with Crippen LogP contribution < -0.4 is 0 Å². The van der Waals surface area contributed by atoms with Crippen LogP contribution in [-0.2, 0) is 11.2 Å². The molecule has 3 nitrogen and oxygen atoms in total. The van der Waals surface area contributed by atoms with E-state index in [1.54, 1.807) is 13.1 Å². The summed E-state index contributed by atoms with van der Waals surface area (Å²) in [6.07, 6.45) is 7.19. The van der Waals surface area contributed by atoms with E-state index in [0.29, 0.717) is 11.2 Å². The summed E-state index contributed by atoms with van der Waals surface area (Å²) in [6, 6.07) is 4.29. The van der Waals surface area contributed by atoms with Gasteiger partial charge in [0.25, 0.3) is 0 Å². The van der Waals surface area contributed by atoms with E-state index < -0.39 is 0 Å². The second-order valence-electron chi connectivity index (χ2n) is 4.89. The smallest absolute Gasteiger partial charge is 0.219 e. The Labute approximate surface area is 113 Å². The monoisotopic (exact) mass is 266 g/mol. The molecule has 0 radical (unpaired) electrons. The van der Waals surface area contributed by atoms with Crippen LogP contribution in [0.5, 0.6) is 0 Å². The zero-order valence-corrected chi connectivity index (χ0v) is 11.5. The Kier molecular flexibility index (Phi) is 4.59. The van der Waals surface area contributed by atoms with Crippen LogP contribution in [0.3, 0.4) is 0 Å². The van der Waals surface area contributed by atoms with Crippen LogP contribution in [-0.4, -0.2) is 28.4 Å². The van der Waals surface area contributed by atoms with Crippen LogP contribution in [0, 0.1) is 0 Å². The number of pyridine rings is 1. The molecule has 0 unspecified atom stereocenters. The van der Waals surface area contributed by atoms with Crippen molar-refractivity contribution < 1.29 is 4.79 Å². The SMILES string of the molecule is CC(=O)N1CCCC[C@@H]1CCc1ccnc(Cl)c1. The van der Waals surface area contributed by atoms with Gasteiger partial charge >= 0.3 is 0 Å². The molecule has 0 aromatic carbocycles. The lowest BCUT2D eigenvalue weighted by Crippen LogP contribution is -2.42. The molecule has 0 saturated carbocycles. The van der Waals surface area contributed by atoms with E-state index >= 15 is 0 Å². The number of aryl methyl sites for hydroxylation is 1. The molecule has 2 rings (SSSR count). The largest absolute Gasteiger partial charge is 0.340 e. The molecule has 0 bridgehead atoms. The summed E-state index contributed by atoms with van der Waals surface area (Å²) in [5.41, 5.74) is 1.20. The highest BCUT2D eigenvalue weighted by Crippen LogP contribution is 2.21. The van der Waals surface area contributed by atoms with Crippen molar-refractivity contribution in [2.45, 2.75) is 45.1 Å². The molecule has 2 heterocycles. The maximum absolute atomic E-state index is 11.6. The highest BCUT2D eigenvalue weighted by molar-refractivity contribution is 6.29. The number of carbonyl (C=O) groups is 1. The Bertz CT molecular complexity index is 422. The zero-order chi connectivity index (χ0) is 13.0. The lowest BCUT2D eigenvalue weighted by Gasteiger charge is -2.35. The minimum atomic E-state index is 0.201. The van der Waals surface area contributed by atoms with Gasteiger partial charge in [-0.25, -0.2) is 4.98 Å². The first-order valence-electron chi connectivity index (χ1n) is 6.54. The molecule has 1 amide bonds. The summed E-state index contributed by atoms with van der Waals surface area (Å²) < 4.78 is 0. The molecule has 0 aliphatic carbocycles. The fourth-order valence-corrected chi connectivity index (χ4v) is 2.84. The van der Waals surface area contributed by atoms with Gasteiger partial charge in [-0.1, -0.05) is 11.6 Å². The van der Waals surface area contributed by atoms with Crippen LogP contribution in [0.2, 0.25) is 5.15 Å². The van der Waals surface area contributed by atoms with Crippen LogP contribution in [0.15, 0.2) is 18.3 Å². The number of piperidine rings is 1. The van der Waals surface area contributed by atoms with Gasteiger partial charge in [0.05, 0.1) is 0 Å². The zero-order valence-electron chi connectivity index (χ0n) is 10.7. The first-order chi connectivity index (χ1) is 8.66. The molecule has 18 heavy (non-hydrogen) atoms. The fourth-order valence-electron chi connectivity index (χ4n) is 2.65. The van der Waals surface area contributed by atoms with Crippen molar-refractivity contribution in [3.63, 3.8) is 0 Å². The highest BCUT2D eigenvalue weighted by Gasteiger charge is 2.23. The molecule has 0 spiro atoms. The van der Waals surface area contributed by atoms with Crippen LogP contribution in [0.4, 0.5) is 0 Å². The number of hydrogen-bond acceptors (Lipinski definition) is 2. The quantitative estimate of drug-likeness (QED) is 0.788. The van der Waals surface area contributed by atoms with Gasteiger partial charge in [0, 0.05) is 25.7 Å². The van der Waals surface area contributed by atoms with Crippen molar-refractivity contribution in [2.24, 2.45) is 0 Å². The Morgan fingerprint density at radius 3 is 3.11 bits per heavy atom. The second-order valence-corrected chi connectivity index (χ2v) is 5.27. The topological polar surface area (TPSA) is 33.2 Å². The van der Waals surface area contributed by atoms with E-state index in [0.717, 1.165) is 32.2 Å². The number of carbonyl (C=O) groups excluding carboxylic acids is 1. The summed E-state index contributed by atoms with van der Waals surface area (Å²) in [5, 5.41) is 0.541. The minimum Gasteiger partial charge on any atom is -0.340 e. The van der Waals surface area contributed by atoms with Gasteiger partial charge in [-0.2, -0.15) is 0 Å². The molecule has 1 aromatic rings. The fraction of sp³-hybridized carbons (Fsp3) is 0.571. The minimum absolute atomic E-state index is 0.201. The summed E-state index contributed by atoms with van der Waals surface area (Å²) in [6.45, 7) is 2.58. The predicted octanol–water partition coefficient (Wildman–Crippen LogP) is 3.07. The normalized spacial score (nSPS) is 19.9. The third kappa shape index (κ3) is 3.45. The Morgan fingerprint density at radius 1 is 1.56 bits per heavy atom. The van der Waals surface area contributed by atoms with Crippen molar-refractivity contribution in [1.29, 1.82) is 0 Å². The molecule has 1 atom stereocenters. The van der Waals surface area contributed by atoms with Crippen LogP contribution in [0.1, 0.15) is 38.2 Å². The maximum atomic E-state index is 11.6. The number of nitrogens with zero attached hydrogens (tertiary/aromatic N) is 2. The summed E-state index contributed by atoms with van der Waals surface area (Å²) in [5.74, 6) is 0.201. The molecule has 1 aromatic heterocycles. The van der Waals surface area contributed by atoms with Gasteiger partial charge in [-0.3, -0.25) is 4.79 Å². The average molecular weight is 267 g/mol. The van der Waals surface area contributed by atoms with E-state index in [1.807, 2.05) is 17.0 Å². The lowest BCUT2D eigenvalue weighted by atomic mass is 9.96. The Morgan fingerprint density at radius 2 is 2.39 bits per heavy atom. The molecule has 1 aliphatic heterocycles. The second kappa shape index (κ2) is 6.19. The molecule has 1 fully saturated rings. The number of hydrogen-bond donors (Lipinski definition) is 0. The van der Waals surface area contributed by atoms with Crippen molar-refractivity contribution in [3.05, 3.63) is 29.0 Å². The highest BCUT2D eigenvalue weighted by atomic mass is 35.5. The Hall–Kier alpha value is -1.09. The van der Waals surface area contributed by atoms with E-state index in [2.05, 4.69) is 4.98 Å². The van der Waals surface area contributed by atoms with Crippen molar-refractivity contribution >= 4 is 17.5 Å². The summed E-state index contributed by atoms with van der Waals surface area (Å²) >= 11 is 5.87. The average Bonchev–Trinajstić information content (AvgIpc) is 2.37. The standard InChI is InChI=1S/C14H19ClN2O/c1-11(18)17-9-3-2-4-13(17)6-5-12-7-8-16-14(15)10-12/h7-8,10,13H,2-6,9H2,1H3/t13-/m1/s1. The molecule has 1 aliphatic rings. The van der Waals surface area contributed by atoms with Crippen molar-refractivity contribution in [1.82, 2.24) is 9.88 Å². The number of halogens is 1. The summed E-state index contributed by atoms with van der Waals surface area (Å²) in [4.78, 5) is 17.6. The number of amides is 1. The molecule has 4 heteroatoms. The number of aromatic nitrogens is 1. The third-order valence-electron chi connectivity index (χ3n) is 3.59. The van der Waals surface area contributed by atoms with E-state index in [9.17, 15) is 4.79 Å². The molecule has 0 N–H and O–H groups in total. The van der Waals surface area contributed by atoms with Gasteiger partial charge in [-0.15, -0.1) is 0 Å². The molecule has 98 valence electrons. The Balaban J connectivity index is 1.93. The maximum Gasteiger partial charge on any atom is 0.219 e. The third-order valence-corrected chi connectivity index (χ3v) is 3.80. The van der Waals surface area contributed by atoms with Gasteiger partial charge in [0.1, 0.15) is 5.15 Å². The lowest BCUT2D eigenvalue weighted by molar-refractivity contribution is -0.132. The van der Waals surface area contributed by atoms with E-state index in [4.69, 9.17) is 11.6 Å². The van der Waals surface area contributed by atoms with E-state index in [1.165, 1.54) is 12.0 Å². The molecule has 1 saturated heterocycles. The number of rotatable bonds is 3. The van der Waals surface area contributed by atoms with Crippen LogP contribution in [0.25, 0.3) is 0 Å². The molecular weight excluding hydrogens is 248 g/mol. The van der Waals surface area contributed by atoms with Crippen LogP contribution >= 0.6 is 11.6 Å². The first-order valence-corrected chi connectivity index (χ1v) is 6.92. The van der Waals surface area contributed by atoms with Gasteiger partial charge in [-0.05, 0) is 49.8 Å². The van der Waals surface area contributed by atoms with Gasteiger partial charge < -0.3 is 4.90 Å². The predicted molar refractivity (Wildman–Crippen MR) is 72.6 cm³/mol. The van der Waals surface area contributed by atoms with Gasteiger partial charge in [0.15, 0.2) is 0 Å². The van der Waals surface area contributed by atoms with E-state index in [-0.39, 0.29) is 5.91 Å². The van der Waals surface area contributed by atoms with Gasteiger partial charge in [0.2, 0.25) is 5.91 Å². The summed E-state index contributed by atoms with van der Waals surface area (Å²) in [7, 11) is 0. The molecular formula is C14H19ClN2O. The first kappa shape index (κ1) is 13.3. The van der Waals surface area contributed by atoms with Crippen molar-refractivity contribution in [2.75, 3.05) is 6.54 Å². The number of likely N-dealkylation sites (tertiary alicyclic amines) is 1. The van der Waals surface area contributed by atoms with Crippen molar-refractivity contribution in [3.8, 4) is 0 Å².